The minimum Gasteiger partial charge on any atom is -0.495 e. The Bertz CT molecular complexity index is 2290. The number of aromatic nitrogens is 6. The zero-order valence-corrected chi connectivity index (χ0v) is 34.6. The number of benzene rings is 2. The van der Waals surface area contributed by atoms with Crippen molar-refractivity contribution in [2.45, 2.75) is 57.4 Å². The fraction of sp³-hybridized carbons (Fsp3) is 0.366. The number of anilines is 4. The van der Waals surface area contributed by atoms with E-state index in [2.05, 4.69) is 35.9 Å². The number of halogens is 2. The first-order chi connectivity index (χ1) is 29.2. The van der Waals surface area contributed by atoms with Gasteiger partial charge in [0.1, 0.15) is 41.1 Å². The molecule has 5 aromatic rings. The molecular formula is C41H45Cl2N11O6. The van der Waals surface area contributed by atoms with Gasteiger partial charge >= 0.3 is 5.97 Å². The van der Waals surface area contributed by atoms with Crippen LogP contribution in [0, 0.1) is 0 Å². The lowest BCUT2D eigenvalue weighted by atomic mass is 10.2. The molecule has 19 heteroatoms. The van der Waals surface area contributed by atoms with Gasteiger partial charge < -0.3 is 45.1 Å². The van der Waals surface area contributed by atoms with Crippen molar-refractivity contribution < 1.29 is 28.9 Å². The van der Waals surface area contributed by atoms with Gasteiger partial charge in [-0.2, -0.15) is 9.97 Å². The summed E-state index contributed by atoms with van der Waals surface area (Å²) in [7, 11) is 3.10. The summed E-state index contributed by atoms with van der Waals surface area (Å²) >= 11 is 12.7. The Balaban J connectivity index is 1.08. The van der Waals surface area contributed by atoms with Crippen LogP contribution in [0.2, 0.25) is 10.0 Å². The van der Waals surface area contributed by atoms with Gasteiger partial charge in [-0.1, -0.05) is 35.3 Å². The van der Waals surface area contributed by atoms with E-state index in [1.807, 2.05) is 21.9 Å². The molecule has 17 nitrogen and oxygen atoms in total. The number of methoxy groups -OCH3 is 2. The topological polar surface area (TPSA) is 202 Å². The number of aliphatic hydroxyl groups is 1. The lowest BCUT2D eigenvalue weighted by Gasteiger charge is -2.25. The summed E-state index contributed by atoms with van der Waals surface area (Å²) in [6.07, 6.45) is 7.83. The monoisotopic (exact) mass is 857 g/mol. The normalized spacial score (nSPS) is 16.1. The Kier molecular flexibility index (Phi) is 13.9. The number of nitrogens with one attached hydrogen (secondary N) is 3. The van der Waals surface area contributed by atoms with E-state index < -0.39 is 11.9 Å². The van der Waals surface area contributed by atoms with Crippen LogP contribution in [-0.2, 0) is 24.4 Å². The van der Waals surface area contributed by atoms with E-state index in [-0.39, 0.29) is 43.1 Å². The molecule has 2 fully saturated rings. The highest BCUT2D eigenvalue weighted by molar-refractivity contribution is 6.32. The number of esters is 1. The maximum atomic E-state index is 13.8. The summed E-state index contributed by atoms with van der Waals surface area (Å²) < 4.78 is 16.5. The highest BCUT2D eigenvalue weighted by Gasteiger charge is 2.31. The van der Waals surface area contributed by atoms with Crippen molar-refractivity contribution in [2.24, 2.45) is 0 Å². The zero-order chi connectivity index (χ0) is 42.0. The average molecular weight is 859 g/mol. The fourth-order valence-corrected chi connectivity index (χ4v) is 7.63. The van der Waals surface area contributed by atoms with Gasteiger partial charge in [-0.05, 0) is 67.1 Å². The van der Waals surface area contributed by atoms with Crippen LogP contribution < -0.4 is 35.2 Å². The number of ether oxygens (including phenoxy) is 3. The lowest BCUT2D eigenvalue weighted by molar-refractivity contribution is 0.0475. The quantitative estimate of drug-likeness (QED) is 0.0875. The van der Waals surface area contributed by atoms with Crippen LogP contribution in [0.15, 0.2) is 67.1 Å². The molecule has 314 valence electrons. The Morgan fingerprint density at radius 2 is 1.45 bits per heavy atom. The first kappa shape index (κ1) is 42.1. The van der Waals surface area contributed by atoms with Crippen LogP contribution in [0.1, 0.15) is 63.5 Å². The Morgan fingerprint density at radius 1 is 0.800 bits per heavy atom. The predicted octanol–water partition coefficient (Wildman–Crippen LogP) is 5.32. The molecule has 2 saturated heterocycles. The molecule has 0 unspecified atom stereocenters. The van der Waals surface area contributed by atoms with E-state index in [9.17, 15) is 14.7 Å². The highest BCUT2D eigenvalue weighted by atomic mass is 35.5. The molecule has 60 heavy (non-hydrogen) atoms. The van der Waals surface area contributed by atoms with E-state index in [4.69, 9.17) is 47.4 Å². The zero-order valence-electron chi connectivity index (χ0n) is 33.1. The van der Waals surface area contributed by atoms with Crippen molar-refractivity contribution in [2.75, 3.05) is 61.0 Å². The van der Waals surface area contributed by atoms with E-state index >= 15 is 0 Å². The van der Waals surface area contributed by atoms with Crippen LogP contribution in [0.3, 0.4) is 0 Å². The molecule has 2 aromatic carbocycles. The molecule has 0 spiro atoms. The molecule has 2 aliphatic heterocycles. The number of hydrogen-bond acceptors (Lipinski definition) is 16. The summed E-state index contributed by atoms with van der Waals surface area (Å²) in [6, 6.07) is 13.7. The molecule has 7 rings (SSSR count). The second-order valence-corrected chi connectivity index (χ2v) is 14.9. The van der Waals surface area contributed by atoms with Gasteiger partial charge in [0.05, 0.1) is 49.5 Å². The van der Waals surface area contributed by atoms with Crippen LogP contribution in [0.5, 0.6) is 11.5 Å². The second kappa shape index (κ2) is 19.8. The molecule has 2 aliphatic rings. The van der Waals surface area contributed by atoms with E-state index in [0.29, 0.717) is 83.5 Å². The Labute approximate surface area is 356 Å². The molecular weight excluding hydrogens is 813 g/mol. The first-order valence-corrected chi connectivity index (χ1v) is 20.2. The van der Waals surface area contributed by atoms with Crippen molar-refractivity contribution in [1.29, 1.82) is 0 Å². The van der Waals surface area contributed by atoms with Crippen molar-refractivity contribution in [3.63, 3.8) is 0 Å². The van der Waals surface area contributed by atoms with E-state index in [0.717, 1.165) is 30.4 Å². The number of rotatable bonds is 17. The third-order valence-corrected chi connectivity index (χ3v) is 10.8. The summed E-state index contributed by atoms with van der Waals surface area (Å²) in [5.74, 6) is 1.92. The van der Waals surface area contributed by atoms with Gasteiger partial charge in [0.25, 0.3) is 5.91 Å². The van der Waals surface area contributed by atoms with Gasteiger partial charge in [-0.3, -0.25) is 4.79 Å². The molecule has 0 saturated carbocycles. The molecule has 3 aromatic heterocycles. The third-order valence-electron chi connectivity index (χ3n) is 10.2. The van der Waals surface area contributed by atoms with Gasteiger partial charge in [-0.15, -0.1) is 0 Å². The van der Waals surface area contributed by atoms with Crippen LogP contribution in [0.25, 0.3) is 0 Å². The first-order valence-electron chi connectivity index (χ1n) is 19.5. The largest absolute Gasteiger partial charge is 0.495 e. The summed E-state index contributed by atoms with van der Waals surface area (Å²) in [4.78, 5) is 58.2. The standard InChI is InChI=1S/C41H45Cl2N11O6/c1-58-33-10-8-25(16-30(33)42)19-46-35-18-32(50-41(51-35)53-14-3-6-27(53)23-55)39(57)60-24-28-7-4-15-54(28)40-49-21-29(38(56)48-22-36-44-12-5-13-45-36)37(52-40)47-20-26-9-11-34(59-2)31(43)17-26/h5,8-13,16-18,21,27-28,55H,3-4,6-7,14-15,19-20,22-24H2,1-2H3,(H,48,56)(H,46,50,51)(H,47,49,52)/t27-,28-/m0/s1. The number of nitrogens with zero attached hydrogens (tertiary/aromatic N) is 8. The molecule has 2 atom stereocenters. The number of amides is 1. The minimum absolute atomic E-state index is 0.0318. The Morgan fingerprint density at radius 3 is 2.10 bits per heavy atom. The van der Waals surface area contributed by atoms with Gasteiger partial charge in [0.15, 0.2) is 5.69 Å². The molecule has 0 aliphatic carbocycles. The molecule has 4 N–H and O–H groups in total. The predicted molar refractivity (Wildman–Crippen MR) is 226 cm³/mol. The number of aliphatic hydroxyl groups excluding tert-OH is 1. The van der Waals surface area contributed by atoms with Crippen molar-refractivity contribution >= 4 is 58.6 Å². The Hall–Kier alpha value is -6.04. The summed E-state index contributed by atoms with van der Waals surface area (Å²) in [5, 5.41) is 20.4. The van der Waals surface area contributed by atoms with E-state index in [1.54, 1.807) is 63.0 Å². The fourth-order valence-electron chi connectivity index (χ4n) is 7.07. The molecule has 1 amide bonds. The minimum atomic E-state index is -0.628. The number of carbonyl (C=O) groups is 2. The number of carbonyl (C=O) groups excluding carboxylic acids is 2. The van der Waals surface area contributed by atoms with Crippen LogP contribution in [0.4, 0.5) is 23.5 Å². The second-order valence-electron chi connectivity index (χ2n) is 14.1. The summed E-state index contributed by atoms with van der Waals surface area (Å²) in [6.45, 7) is 1.98. The van der Waals surface area contributed by atoms with Crippen molar-refractivity contribution in [1.82, 2.24) is 35.2 Å². The van der Waals surface area contributed by atoms with Gasteiger partial charge in [0, 0.05) is 50.8 Å². The van der Waals surface area contributed by atoms with E-state index in [1.165, 1.54) is 6.20 Å². The maximum Gasteiger partial charge on any atom is 0.357 e. The smallest absolute Gasteiger partial charge is 0.357 e. The molecule has 0 bridgehead atoms. The maximum absolute atomic E-state index is 13.8. The van der Waals surface area contributed by atoms with Gasteiger partial charge in [0.2, 0.25) is 11.9 Å². The van der Waals surface area contributed by atoms with Crippen molar-refractivity contribution in [3.05, 3.63) is 105 Å². The van der Waals surface area contributed by atoms with Crippen LogP contribution in [-0.4, -0.2) is 99.5 Å². The van der Waals surface area contributed by atoms with Crippen molar-refractivity contribution in [3.8, 4) is 11.5 Å². The van der Waals surface area contributed by atoms with Crippen LogP contribution >= 0.6 is 23.2 Å². The number of hydrogen-bond donors (Lipinski definition) is 4. The average Bonchev–Trinajstić information content (AvgIpc) is 3.96. The molecule has 5 heterocycles. The SMILES string of the molecule is COc1ccc(CNc2cc(C(=O)OC[C@@H]3CCCN3c3ncc(C(=O)NCc4ncccn4)c(NCc4ccc(OC)c(Cl)c4)n3)nc(N3CCC[C@H]3CO)n2)cc1Cl. The third kappa shape index (κ3) is 10.2. The summed E-state index contributed by atoms with van der Waals surface area (Å²) in [5.41, 5.74) is 2.00. The lowest BCUT2D eigenvalue weighted by Crippen LogP contribution is -2.36. The van der Waals surface area contributed by atoms with Gasteiger partial charge in [-0.25, -0.2) is 24.7 Å². The molecule has 0 radical (unpaired) electrons. The highest BCUT2D eigenvalue weighted by Crippen LogP contribution is 2.30.